The van der Waals surface area contributed by atoms with E-state index in [1.165, 1.54) is 36.4 Å². The van der Waals surface area contributed by atoms with Crippen molar-refractivity contribution in [1.29, 1.82) is 0 Å². The van der Waals surface area contributed by atoms with Crippen molar-refractivity contribution in [2.45, 2.75) is 49.3 Å². The third kappa shape index (κ3) is 3.34. The first-order valence-corrected chi connectivity index (χ1v) is 9.03. The summed E-state index contributed by atoms with van der Waals surface area (Å²) >= 11 is 0. The second-order valence-electron chi connectivity index (χ2n) is 6.25. The summed E-state index contributed by atoms with van der Waals surface area (Å²) in [6.07, 6.45) is 0. The molecule has 124 valence electrons. The molecule has 2 aromatic carbocycles. The fraction of sp³-hybridized carbons (Fsp3) is 0.333. The SMILES string of the molecule is CC(C)c1cc(S(=O)(=O)c2ccc(O)c(C(C)C)c2)ccc1O. The van der Waals surface area contributed by atoms with Crippen LogP contribution in [0.5, 0.6) is 11.5 Å². The summed E-state index contributed by atoms with van der Waals surface area (Å²) in [5.41, 5.74) is 1.18. The van der Waals surface area contributed by atoms with Crippen LogP contribution in [-0.2, 0) is 9.84 Å². The summed E-state index contributed by atoms with van der Waals surface area (Å²) in [5.74, 6) is 0.201. The molecule has 0 saturated carbocycles. The van der Waals surface area contributed by atoms with Crippen LogP contribution in [0, 0.1) is 0 Å². The minimum Gasteiger partial charge on any atom is -0.508 e. The summed E-state index contributed by atoms with van der Waals surface area (Å²) in [5, 5.41) is 19.7. The fourth-order valence-corrected chi connectivity index (χ4v) is 3.79. The fourth-order valence-electron chi connectivity index (χ4n) is 2.46. The largest absolute Gasteiger partial charge is 0.508 e. The lowest BCUT2D eigenvalue weighted by atomic mass is 10.0. The molecular formula is C18H22O4S. The van der Waals surface area contributed by atoms with Gasteiger partial charge in [0.2, 0.25) is 9.84 Å². The molecule has 0 aliphatic rings. The van der Waals surface area contributed by atoms with Gasteiger partial charge in [-0.3, -0.25) is 0 Å². The smallest absolute Gasteiger partial charge is 0.206 e. The Morgan fingerprint density at radius 2 is 1.09 bits per heavy atom. The standard InChI is InChI=1S/C18H22O4S/c1-11(2)15-9-13(5-7-17(15)19)23(21,22)14-6-8-18(20)16(10-14)12(3)4/h5-12,19-20H,1-4H3. The van der Waals surface area contributed by atoms with Crippen LogP contribution in [0.25, 0.3) is 0 Å². The minimum absolute atomic E-state index is 0.0104. The highest BCUT2D eigenvalue weighted by atomic mass is 32.2. The molecule has 0 fully saturated rings. The second kappa shape index (κ2) is 6.24. The number of phenols is 2. The molecule has 0 aliphatic carbocycles. The number of hydrogen-bond acceptors (Lipinski definition) is 4. The normalized spacial score (nSPS) is 12.1. The number of benzene rings is 2. The van der Waals surface area contributed by atoms with Crippen molar-refractivity contribution in [3.8, 4) is 11.5 Å². The van der Waals surface area contributed by atoms with Crippen LogP contribution in [0.15, 0.2) is 46.2 Å². The predicted octanol–water partition coefficient (Wildman–Crippen LogP) is 4.18. The molecule has 0 atom stereocenters. The number of phenolic OH excluding ortho intramolecular Hbond substituents is 2. The predicted molar refractivity (Wildman–Crippen MR) is 89.8 cm³/mol. The Labute approximate surface area is 137 Å². The van der Waals surface area contributed by atoms with E-state index in [4.69, 9.17) is 0 Å². The van der Waals surface area contributed by atoms with Gasteiger partial charge in [-0.2, -0.15) is 0 Å². The third-order valence-electron chi connectivity index (χ3n) is 3.86. The van der Waals surface area contributed by atoms with E-state index in [0.717, 1.165) is 0 Å². The highest BCUT2D eigenvalue weighted by Crippen LogP contribution is 2.33. The molecule has 0 bridgehead atoms. The average Bonchev–Trinajstić information content (AvgIpc) is 2.47. The van der Waals surface area contributed by atoms with Crippen molar-refractivity contribution in [3.63, 3.8) is 0 Å². The minimum atomic E-state index is -3.71. The Kier molecular flexibility index (Phi) is 4.71. The van der Waals surface area contributed by atoms with Crippen LogP contribution in [-0.4, -0.2) is 18.6 Å². The van der Waals surface area contributed by atoms with Gasteiger partial charge in [0, 0.05) is 0 Å². The highest BCUT2D eigenvalue weighted by Gasteiger charge is 2.21. The Hall–Kier alpha value is -2.01. The third-order valence-corrected chi connectivity index (χ3v) is 5.61. The zero-order valence-corrected chi connectivity index (χ0v) is 14.6. The van der Waals surface area contributed by atoms with E-state index in [9.17, 15) is 18.6 Å². The van der Waals surface area contributed by atoms with Gasteiger partial charge in [-0.15, -0.1) is 0 Å². The number of hydrogen-bond donors (Lipinski definition) is 2. The van der Waals surface area contributed by atoms with E-state index in [1.54, 1.807) is 0 Å². The summed E-state index contributed by atoms with van der Waals surface area (Å²) in [7, 11) is -3.71. The van der Waals surface area contributed by atoms with Crippen LogP contribution in [0.1, 0.15) is 50.7 Å². The monoisotopic (exact) mass is 334 g/mol. The first kappa shape index (κ1) is 17.3. The number of sulfone groups is 1. The Bertz CT molecular complexity index is 757. The van der Waals surface area contributed by atoms with Gasteiger partial charge in [0.1, 0.15) is 11.5 Å². The van der Waals surface area contributed by atoms with E-state index in [2.05, 4.69) is 0 Å². The van der Waals surface area contributed by atoms with Gasteiger partial charge in [0.25, 0.3) is 0 Å². The lowest BCUT2D eigenvalue weighted by molar-refractivity contribution is 0.464. The second-order valence-corrected chi connectivity index (χ2v) is 8.20. The van der Waals surface area contributed by atoms with E-state index in [0.29, 0.717) is 11.1 Å². The van der Waals surface area contributed by atoms with E-state index >= 15 is 0 Å². The van der Waals surface area contributed by atoms with Gasteiger partial charge >= 0.3 is 0 Å². The van der Waals surface area contributed by atoms with Gasteiger partial charge < -0.3 is 10.2 Å². The molecule has 5 heteroatoms. The van der Waals surface area contributed by atoms with Gasteiger partial charge in [-0.25, -0.2) is 8.42 Å². The lowest BCUT2D eigenvalue weighted by Crippen LogP contribution is -2.04. The van der Waals surface area contributed by atoms with Crippen molar-refractivity contribution in [2.24, 2.45) is 0 Å². The maximum Gasteiger partial charge on any atom is 0.206 e. The van der Waals surface area contributed by atoms with Crippen LogP contribution in [0.2, 0.25) is 0 Å². The molecule has 0 aliphatic heterocycles. The van der Waals surface area contributed by atoms with Crippen LogP contribution < -0.4 is 0 Å². The molecular weight excluding hydrogens is 312 g/mol. The Balaban J connectivity index is 2.59. The van der Waals surface area contributed by atoms with Crippen molar-refractivity contribution in [2.75, 3.05) is 0 Å². The summed E-state index contributed by atoms with van der Waals surface area (Å²) in [6.45, 7) is 7.57. The van der Waals surface area contributed by atoms with Crippen molar-refractivity contribution in [3.05, 3.63) is 47.5 Å². The first-order chi connectivity index (χ1) is 10.6. The van der Waals surface area contributed by atoms with Gasteiger partial charge in [0.05, 0.1) is 9.79 Å². The average molecular weight is 334 g/mol. The molecule has 4 nitrogen and oxygen atoms in total. The summed E-state index contributed by atoms with van der Waals surface area (Å²) < 4.78 is 25.7. The molecule has 2 N–H and O–H groups in total. The number of rotatable bonds is 4. The van der Waals surface area contributed by atoms with E-state index < -0.39 is 9.84 Å². The first-order valence-electron chi connectivity index (χ1n) is 7.55. The molecule has 0 aromatic heterocycles. The summed E-state index contributed by atoms with van der Waals surface area (Å²) in [6, 6.07) is 8.64. The van der Waals surface area contributed by atoms with E-state index in [-0.39, 0.29) is 33.1 Å². The molecule has 0 amide bonds. The van der Waals surface area contributed by atoms with E-state index in [1.807, 2.05) is 27.7 Å². The van der Waals surface area contributed by atoms with Gasteiger partial charge in [0.15, 0.2) is 0 Å². The quantitative estimate of drug-likeness (QED) is 0.879. The molecule has 0 heterocycles. The topological polar surface area (TPSA) is 74.6 Å². The van der Waals surface area contributed by atoms with Gasteiger partial charge in [-0.1, -0.05) is 27.7 Å². The van der Waals surface area contributed by atoms with Crippen LogP contribution >= 0.6 is 0 Å². The lowest BCUT2D eigenvalue weighted by Gasteiger charge is -2.13. The van der Waals surface area contributed by atoms with Crippen LogP contribution in [0.3, 0.4) is 0 Å². The molecule has 0 unspecified atom stereocenters. The molecule has 2 rings (SSSR count). The maximum absolute atomic E-state index is 12.8. The number of aromatic hydroxyl groups is 2. The molecule has 0 radical (unpaired) electrons. The molecule has 0 saturated heterocycles. The maximum atomic E-state index is 12.8. The molecule has 2 aromatic rings. The zero-order valence-electron chi connectivity index (χ0n) is 13.7. The van der Waals surface area contributed by atoms with Crippen molar-refractivity contribution in [1.82, 2.24) is 0 Å². The van der Waals surface area contributed by atoms with Gasteiger partial charge in [-0.05, 0) is 59.4 Å². The Morgan fingerprint density at radius 1 is 0.739 bits per heavy atom. The molecule has 23 heavy (non-hydrogen) atoms. The highest BCUT2D eigenvalue weighted by molar-refractivity contribution is 7.91. The molecule has 0 spiro atoms. The van der Waals surface area contributed by atoms with Crippen molar-refractivity contribution >= 4 is 9.84 Å². The van der Waals surface area contributed by atoms with Crippen molar-refractivity contribution < 1.29 is 18.6 Å². The Morgan fingerprint density at radius 3 is 1.39 bits per heavy atom. The van der Waals surface area contributed by atoms with Crippen LogP contribution in [0.4, 0.5) is 0 Å². The summed E-state index contributed by atoms with van der Waals surface area (Å²) in [4.78, 5) is 0.277. The zero-order chi connectivity index (χ0) is 17.4.